The van der Waals surface area contributed by atoms with E-state index < -0.39 is 6.10 Å². The first-order chi connectivity index (χ1) is 10.8. The predicted molar refractivity (Wildman–Crippen MR) is 98.1 cm³/mol. The molecule has 3 nitrogen and oxygen atoms in total. The summed E-state index contributed by atoms with van der Waals surface area (Å²) < 4.78 is 5.88. The Hall–Kier alpha value is -1.06. The van der Waals surface area contributed by atoms with Crippen LogP contribution in [0.2, 0.25) is 0 Å². The Labute approximate surface area is 142 Å². The summed E-state index contributed by atoms with van der Waals surface area (Å²) in [7, 11) is 0. The van der Waals surface area contributed by atoms with E-state index in [-0.39, 0.29) is 11.5 Å². The van der Waals surface area contributed by atoms with Gasteiger partial charge in [0.25, 0.3) is 0 Å². The minimum Gasteiger partial charge on any atom is -0.493 e. The number of benzene rings is 1. The molecule has 1 rings (SSSR count). The normalized spacial score (nSPS) is 14.6. The second-order valence-electron chi connectivity index (χ2n) is 7.48. The molecule has 0 spiro atoms. The Morgan fingerprint density at radius 1 is 1.13 bits per heavy atom. The third kappa shape index (κ3) is 6.52. The van der Waals surface area contributed by atoms with Crippen molar-refractivity contribution < 1.29 is 9.84 Å². The van der Waals surface area contributed by atoms with Gasteiger partial charge in [-0.15, -0.1) is 0 Å². The lowest BCUT2D eigenvalue weighted by Crippen LogP contribution is -2.34. The van der Waals surface area contributed by atoms with Gasteiger partial charge in [0.15, 0.2) is 0 Å². The van der Waals surface area contributed by atoms with Crippen LogP contribution in [0.3, 0.4) is 0 Å². The van der Waals surface area contributed by atoms with Crippen molar-refractivity contribution in [2.75, 3.05) is 6.61 Å². The van der Waals surface area contributed by atoms with Crippen molar-refractivity contribution in [2.24, 2.45) is 5.73 Å². The Bertz CT molecular complexity index is 465. The Balaban J connectivity index is 2.87. The summed E-state index contributed by atoms with van der Waals surface area (Å²) in [4.78, 5) is 0. The lowest BCUT2D eigenvalue weighted by molar-refractivity contribution is 0.130. The fraction of sp³-hybridized carbons (Fsp3) is 0.700. The molecule has 0 saturated heterocycles. The van der Waals surface area contributed by atoms with E-state index in [1.807, 2.05) is 0 Å². The maximum Gasteiger partial charge on any atom is 0.122 e. The third-order valence-electron chi connectivity index (χ3n) is 4.21. The van der Waals surface area contributed by atoms with Crippen LogP contribution in [0, 0.1) is 0 Å². The number of aliphatic hydroxyl groups excluding tert-OH is 1. The van der Waals surface area contributed by atoms with E-state index in [1.165, 1.54) is 11.1 Å². The van der Waals surface area contributed by atoms with Crippen molar-refractivity contribution in [1.29, 1.82) is 0 Å². The molecule has 0 aliphatic carbocycles. The number of hydrogen-bond donors (Lipinski definition) is 2. The molecule has 0 fully saturated rings. The minimum absolute atomic E-state index is 0.106. The monoisotopic (exact) mass is 321 g/mol. The fourth-order valence-electron chi connectivity index (χ4n) is 2.64. The predicted octanol–water partition coefficient (Wildman–Crippen LogP) is 4.19. The Morgan fingerprint density at radius 3 is 2.39 bits per heavy atom. The molecular weight excluding hydrogens is 286 g/mol. The van der Waals surface area contributed by atoms with Crippen LogP contribution in [0.15, 0.2) is 18.2 Å². The molecule has 0 aliphatic rings. The van der Waals surface area contributed by atoms with Crippen molar-refractivity contribution in [1.82, 2.24) is 0 Å². The van der Waals surface area contributed by atoms with Crippen LogP contribution >= 0.6 is 0 Å². The average Bonchev–Trinajstić information content (AvgIpc) is 2.50. The van der Waals surface area contributed by atoms with Gasteiger partial charge in [-0.05, 0) is 48.3 Å². The van der Waals surface area contributed by atoms with Gasteiger partial charge in [-0.1, -0.05) is 53.2 Å². The van der Waals surface area contributed by atoms with Crippen LogP contribution in [0.1, 0.15) is 71.4 Å². The highest BCUT2D eigenvalue weighted by atomic mass is 16.5. The van der Waals surface area contributed by atoms with E-state index in [0.717, 1.165) is 38.0 Å². The smallest absolute Gasteiger partial charge is 0.122 e. The molecule has 0 aliphatic heterocycles. The van der Waals surface area contributed by atoms with Crippen LogP contribution in [-0.4, -0.2) is 23.9 Å². The average molecular weight is 322 g/mol. The summed E-state index contributed by atoms with van der Waals surface area (Å²) in [6.45, 7) is 11.6. The quantitative estimate of drug-likeness (QED) is 0.717. The van der Waals surface area contributed by atoms with Crippen molar-refractivity contribution in [3.8, 4) is 5.75 Å². The zero-order valence-corrected chi connectivity index (χ0v) is 15.6. The van der Waals surface area contributed by atoms with Crippen molar-refractivity contribution in [3.63, 3.8) is 0 Å². The lowest BCUT2D eigenvalue weighted by Gasteiger charge is -2.23. The van der Waals surface area contributed by atoms with Crippen LogP contribution < -0.4 is 10.5 Å². The zero-order valence-electron chi connectivity index (χ0n) is 15.6. The molecule has 0 bridgehead atoms. The van der Waals surface area contributed by atoms with Crippen molar-refractivity contribution in [2.45, 2.75) is 84.3 Å². The molecule has 0 amide bonds. The summed E-state index contributed by atoms with van der Waals surface area (Å²) in [5, 5.41) is 10.2. The first-order valence-corrected chi connectivity index (χ1v) is 8.99. The van der Waals surface area contributed by atoms with Gasteiger partial charge >= 0.3 is 0 Å². The highest BCUT2D eigenvalue weighted by molar-refractivity contribution is 5.40. The minimum atomic E-state index is -0.452. The molecule has 1 aromatic rings. The lowest BCUT2D eigenvalue weighted by atomic mass is 9.85. The second kappa shape index (κ2) is 9.29. The fourth-order valence-corrected chi connectivity index (χ4v) is 2.64. The molecule has 0 heterocycles. The maximum atomic E-state index is 10.2. The Morgan fingerprint density at radius 2 is 1.83 bits per heavy atom. The van der Waals surface area contributed by atoms with Crippen LogP contribution in [0.25, 0.3) is 0 Å². The summed E-state index contributed by atoms with van der Waals surface area (Å²) in [6.07, 6.45) is 3.88. The molecule has 0 aromatic heterocycles. The molecule has 2 atom stereocenters. The van der Waals surface area contributed by atoms with E-state index in [0.29, 0.717) is 6.42 Å². The van der Waals surface area contributed by atoms with E-state index in [9.17, 15) is 5.11 Å². The second-order valence-corrected chi connectivity index (χ2v) is 7.48. The molecule has 0 saturated carbocycles. The van der Waals surface area contributed by atoms with Gasteiger partial charge < -0.3 is 15.6 Å². The number of hydrogen-bond acceptors (Lipinski definition) is 3. The summed E-state index contributed by atoms with van der Waals surface area (Å²) in [5.74, 6) is 0.941. The third-order valence-corrected chi connectivity index (χ3v) is 4.21. The first kappa shape index (κ1) is 20.0. The molecule has 1 aromatic carbocycles. The van der Waals surface area contributed by atoms with Crippen molar-refractivity contribution >= 4 is 0 Å². The van der Waals surface area contributed by atoms with Gasteiger partial charge in [0, 0.05) is 6.04 Å². The molecule has 0 radical (unpaired) electrons. The number of rotatable bonds is 9. The largest absolute Gasteiger partial charge is 0.493 e. The molecule has 2 unspecified atom stereocenters. The van der Waals surface area contributed by atoms with Crippen LogP contribution in [0.5, 0.6) is 5.75 Å². The van der Waals surface area contributed by atoms with E-state index in [4.69, 9.17) is 10.5 Å². The number of ether oxygens (including phenoxy) is 1. The van der Waals surface area contributed by atoms with Gasteiger partial charge in [0.05, 0.1) is 12.7 Å². The number of aryl methyl sites for hydroxylation is 1. The van der Waals surface area contributed by atoms with Gasteiger partial charge in [-0.25, -0.2) is 0 Å². The molecule has 23 heavy (non-hydrogen) atoms. The summed E-state index contributed by atoms with van der Waals surface area (Å²) in [6, 6.07) is 6.31. The molecule has 3 heteroatoms. The SMILES string of the molecule is CCCOc1ccc(C(C)(C)C)cc1CCC(O)C(N)CCC. The van der Waals surface area contributed by atoms with Crippen LogP contribution in [0.4, 0.5) is 0 Å². The molecular formula is C20H35NO2. The van der Waals surface area contributed by atoms with Gasteiger partial charge in [-0.2, -0.15) is 0 Å². The Kier molecular flexibility index (Phi) is 8.07. The molecule has 3 N–H and O–H groups in total. The van der Waals surface area contributed by atoms with E-state index in [1.54, 1.807) is 0 Å². The highest BCUT2D eigenvalue weighted by Crippen LogP contribution is 2.29. The first-order valence-electron chi connectivity index (χ1n) is 8.99. The highest BCUT2D eigenvalue weighted by Gasteiger charge is 2.18. The van der Waals surface area contributed by atoms with Gasteiger partial charge in [-0.3, -0.25) is 0 Å². The molecule has 132 valence electrons. The maximum absolute atomic E-state index is 10.2. The topological polar surface area (TPSA) is 55.5 Å². The summed E-state index contributed by atoms with van der Waals surface area (Å²) in [5.41, 5.74) is 8.60. The van der Waals surface area contributed by atoms with Gasteiger partial charge in [0.2, 0.25) is 0 Å². The van der Waals surface area contributed by atoms with Gasteiger partial charge in [0.1, 0.15) is 5.75 Å². The van der Waals surface area contributed by atoms with E-state index in [2.05, 4.69) is 52.8 Å². The summed E-state index contributed by atoms with van der Waals surface area (Å²) >= 11 is 0. The van der Waals surface area contributed by atoms with Crippen molar-refractivity contribution in [3.05, 3.63) is 29.3 Å². The van der Waals surface area contributed by atoms with E-state index >= 15 is 0 Å². The number of aliphatic hydroxyl groups is 1. The number of nitrogens with two attached hydrogens (primary N) is 1. The van der Waals surface area contributed by atoms with Crippen LogP contribution in [-0.2, 0) is 11.8 Å². The zero-order chi connectivity index (χ0) is 17.5. The standard InChI is InChI=1S/C20H35NO2/c1-6-8-17(21)18(22)11-9-15-14-16(20(3,4)5)10-12-19(15)23-13-7-2/h10,12,14,17-18,22H,6-9,11,13,21H2,1-5H3.